The molecule has 35 heavy (non-hydrogen) atoms. The van der Waals surface area contributed by atoms with E-state index in [9.17, 15) is 28.3 Å². The van der Waals surface area contributed by atoms with Gasteiger partial charge in [-0.2, -0.15) is 13.6 Å². The third-order valence-corrected chi connectivity index (χ3v) is 8.05. The van der Waals surface area contributed by atoms with Gasteiger partial charge in [0.15, 0.2) is 11.2 Å². The summed E-state index contributed by atoms with van der Waals surface area (Å²) in [5, 5.41) is 0. The minimum atomic E-state index is -5.73. The van der Waals surface area contributed by atoms with Crippen molar-refractivity contribution in [1.29, 1.82) is 0 Å². The molecule has 19 nitrogen and oxygen atoms in total. The van der Waals surface area contributed by atoms with Crippen LogP contribution in [0.25, 0.3) is 11.2 Å². The van der Waals surface area contributed by atoms with Crippen LogP contribution in [0.4, 0.5) is 5.95 Å². The minimum absolute atomic E-state index is 0.0175. The number of rotatable bonds is 10. The van der Waals surface area contributed by atoms with Crippen molar-refractivity contribution < 1.29 is 55.9 Å². The van der Waals surface area contributed by atoms with E-state index in [0.717, 1.165) is 0 Å². The van der Waals surface area contributed by atoms with E-state index in [1.807, 2.05) is 0 Å². The third-order valence-electron chi connectivity index (χ3n) is 4.18. The Labute approximate surface area is 194 Å². The Morgan fingerprint density at radius 1 is 1.23 bits per heavy atom. The van der Waals surface area contributed by atoms with Gasteiger partial charge in [-0.05, 0) is 0 Å². The molecule has 2 unspecified atom stereocenters. The highest BCUT2D eigenvalue weighted by molar-refractivity contribution is 7.66. The number of hydrogen-bond acceptors (Lipinski definition) is 13. The summed E-state index contributed by atoms with van der Waals surface area (Å²) < 4.78 is 59.4. The number of phosphoric ester groups is 1. The van der Waals surface area contributed by atoms with E-state index >= 15 is 0 Å². The second kappa shape index (κ2) is 10.4. The Balaban J connectivity index is 1.83. The fraction of sp³-hybridized carbons (Fsp3) is 0.462. The van der Waals surface area contributed by atoms with Crippen molar-refractivity contribution in [2.75, 3.05) is 18.9 Å². The fourth-order valence-corrected chi connectivity index (χ4v) is 6.25. The second-order valence-electron chi connectivity index (χ2n) is 6.71. The summed E-state index contributed by atoms with van der Waals surface area (Å²) >= 11 is 0. The number of anilines is 1. The van der Waals surface area contributed by atoms with Crippen molar-refractivity contribution >= 4 is 40.6 Å². The van der Waals surface area contributed by atoms with E-state index in [0.29, 0.717) is 0 Å². The molecule has 22 heteroatoms. The lowest BCUT2D eigenvalue weighted by molar-refractivity contribution is -0.0557. The highest BCUT2D eigenvalue weighted by Crippen LogP contribution is 2.67. The molecule has 0 saturated carbocycles. The fourth-order valence-electron chi connectivity index (χ4n) is 3.02. The number of H-pyrrole nitrogens is 1. The smallest absolute Gasteiger partial charge is 0.369 e. The van der Waals surface area contributed by atoms with Crippen molar-refractivity contribution in [3.8, 4) is 12.0 Å². The molecule has 0 spiro atoms. The summed E-state index contributed by atoms with van der Waals surface area (Å²) in [6, 6.07) is 2.10. The molecule has 5 atom stereocenters. The van der Waals surface area contributed by atoms with Crippen LogP contribution in [0.2, 0.25) is 0 Å². The lowest BCUT2D eigenvalue weighted by Gasteiger charge is -2.22. The van der Waals surface area contributed by atoms with Crippen molar-refractivity contribution in [3.63, 3.8) is 0 Å². The van der Waals surface area contributed by atoms with Gasteiger partial charge in [0.25, 0.3) is 5.56 Å². The molecule has 2 aromatic heterocycles. The molecule has 9 N–H and O–H groups in total. The van der Waals surface area contributed by atoms with Gasteiger partial charge in [-0.3, -0.25) is 18.9 Å². The number of nitrogens with one attached hydrogen (secondary N) is 1. The molecule has 0 aromatic carbocycles. The Bertz CT molecular complexity index is 1340. The Morgan fingerprint density at radius 2 is 1.94 bits per heavy atom. The first-order valence-electron chi connectivity index (χ1n) is 9.16. The lowest BCUT2D eigenvalue weighted by atomic mass is 10.2. The summed E-state index contributed by atoms with van der Waals surface area (Å²) in [6.07, 6.45) is -2.54. The molecule has 1 aliphatic heterocycles. The van der Waals surface area contributed by atoms with Gasteiger partial charge in [-0.1, -0.05) is 5.92 Å². The molecule has 3 heterocycles. The molecular weight excluding hydrogens is 541 g/mol. The number of nitrogens with two attached hydrogens (primary N) is 2. The average molecular weight is 560 g/mol. The SMILES string of the molecule is NC#CCOC[C@H]1O[C@@H](n2cnc3c(=O)[nH]c(N)nc32)C[C@@H]1OP(=O)(O)OP(=O)(O)OP(=O)(O)O. The number of phosphoric acid groups is 3. The van der Waals surface area contributed by atoms with Gasteiger partial charge >= 0.3 is 23.5 Å². The summed E-state index contributed by atoms with van der Waals surface area (Å²) in [5.74, 6) is 2.19. The largest absolute Gasteiger partial charge is 0.490 e. The molecule has 0 aliphatic carbocycles. The maximum Gasteiger partial charge on any atom is 0.490 e. The monoisotopic (exact) mass is 560 g/mol. The number of imidazole rings is 1. The molecule has 1 aliphatic rings. The number of aromatic amines is 1. The first-order valence-corrected chi connectivity index (χ1v) is 13.7. The number of fused-ring (bicyclic) bond motifs is 1. The van der Waals surface area contributed by atoms with Crippen LogP contribution in [0, 0.1) is 12.0 Å². The first kappa shape index (κ1) is 27.4. The molecule has 3 rings (SSSR count). The van der Waals surface area contributed by atoms with E-state index in [1.165, 1.54) is 10.9 Å². The normalized spacial score (nSPS) is 23.9. The van der Waals surface area contributed by atoms with E-state index in [1.54, 1.807) is 0 Å². The number of aromatic nitrogens is 4. The quantitative estimate of drug-likeness (QED) is 0.0763. The third kappa shape index (κ3) is 7.41. The van der Waals surface area contributed by atoms with Crippen LogP contribution in [-0.2, 0) is 36.3 Å². The summed E-state index contributed by atoms with van der Waals surface area (Å²) in [5.41, 5.74) is 9.92. The molecule has 1 fully saturated rings. The Morgan fingerprint density at radius 3 is 2.60 bits per heavy atom. The standard InChI is InChI=1S/C13H19N6O13P3/c14-2-1-3-28-5-8-7(30-34(24,25)32-35(26,27)31-33(21,22)23)4-9(29-8)19-6-16-10-11(19)17-13(15)18-12(10)20/h6-9H,3-5,14H2,(H,24,25)(H,26,27)(H2,21,22,23)(H3,15,17,18,20)/t7-,8+,9+/m0/s1. The van der Waals surface area contributed by atoms with Crippen LogP contribution in [0.15, 0.2) is 11.1 Å². The molecule has 0 bridgehead atoms. The van der Waals surface area contributed by atoms with Crippen LogP contribution >= 0.6 is 23.5 Å². The van der Waals surface area contributed by atoms with Crippen molar-refractivity contribution in [2.45, 2.75) is 24.9 Å². The van der Waals surface area contributed by atoms with Gasteiger partial charge in [0, 0.05) is 12.5 Å². The molecule has 1 saturated heterocycles. The maximum atomic E-state index is 12.3. The van der Waals surface area contributed by atoms with Crippen LogP contribution in [0.1, 0.15) is 12.6 Å². The van der Waals surface area contributed by atoms with Crippen LogP contribution in [0.3, 0.4) is 0 Å². The van der Waals surface area contributed by atoms with Gasteiger partial charge in [-0.25, -0.2) is 18.7 Å². The van der Waals surface area contributed by atoms with E-state index < -0.39 is 47.5 Å². The van der Waals surface area contributed by atoms with Gasteiger partial charge in [-0.15, -0.1) is 0 Å². The van der Waals surface area contributed by atoms with Crippen molar-refractivity contribution in [3.05, 3.63) is 16.7 Å². The molecule has 0 amide bonds. The number of hydrogen-bond donors (Lipinski definition) is 7. The number of ether oxygens (including phenoxy) is 2. The maximum absolute atomic E-state index is 12.3. The predicted octanol–water partition coefficient (Wildman–Crippen LogP) is -1.36. The molecule has 2 aromatic rings. The number of nitrogen functional groups attached to an aromatic ring is 1. The van der Waals surface area contributed by atoms with Crippen molar-refractivity contribution in [1.82, 2.24) is 19.5 Å². The van der Waals surface area contributed by atoms with E-state index in [4.69, 9.17) is 35.3 Å². The van der Waals surface area contributed by atoms with Crippen LogP contribution in [0.5, 0.6) is 0 Å². The van der Waals surface area contributed by atoms with Crippen LogP contribution in [-0.4, -0.2) is 64.5 Å². The lowest BCUT2D eigenvalue weighted by Crippen LogP contribution is -2.28. The minimum Gasteiger partial charge on any atom is -0.369 e. The van der Waals surface area contributed by atoms with Gasteiger partial charge in [0.1, 0.15) is 25.0 Å². The highest BCUT2D eigenvalue weighted by Gasteiger charge is 2.46. The predicted molar refractivity (Wildman–Crippen MR) is 113 cm³/mol. The Kier molecular flexibility index (Phi) is 8.19. The zero-order chi connectivity index (χ0) is 26.0. The topological polar surface area (TPSA) is 294 Å². The zero-order valence-electron chi connectivity index (χ0n) is 17.2. The summed E-state index contributed by atoms with van der Waals surface area (Å²) in [4.78, 5) is 58.7. The molecular formula is C13H19N6O13P3. The summed E-state index contributed by atoms with van der Waals surface area (Å²) in [7, 11) is -16.8. The van der Waals surface area contributed by atoms with Gasteiger partial charge in [0.05, 0.1) is 12.9 Å². The van der Waals surface area contributed by atoms with Crippen molar-refractivity contribution in [2.24, 2.45) is 5.73 Å². The molecule has 0 radical (unpaired) electrons. The first-order chi connectivity index (χ1) is 16.2. The van der Waals surface area contributed by atoms with Gasteiger partial charge in [0.2, 0.25) is 5.95 Å². The summed E-state index contributed by atoms with van der Waals surface area (Å²) in [6.45, 7) is -0.432. The number of nitrogens with zero attached hydrogens (tertiary/aromatic N) is 3. The molecule has 194 valence electrons. The Hall–Kier alpha value is -2.16. The van der Waals surface area contributed by atoms with E-state index in [-0.39, 0.29) is 36.7 Å². The highest BCUT2D eigenvalue weighted by atomic mass is 31.3. The van der Waals surface area contributed by atoms with E-state index in [2.05, 4.69) is 35.5 Å². The second-order valence-corrected chi connectivity index (χ2v) is 11.1. The zero-order valence-corrected chi connectivity index (χ0v) is 19.9. The van der Waals surface area contributed by atoms with Crippen LogP contribution < -0.4 is 17.0 Å². The van der Waals surface area contributed by atoms with Gasteiger partial charge < -0.3 is 40.5 Å². The average Bonchev–Trinajstić information content (AvgIpc) is 3.26.